The van der Waals surface area contributed by atoms with Crippen molar-refractivity contribution >= 4 is 14.3 Å². The Kier molecular flexibility index (Phi) is 41.5. The maximum absolute atomic E-state index is 11.9. The van der Waals surface area contributed by atoms with Crippen LogP contribution in [-0.4, -0.2) is 133 Å². The van der Waals surface area contributed by atoms with Gasteiger partial charge in [-0.05, 0) is 26.1 Å². The first-order valence-electron chi connectivity index (χ1n) is 20.4. The number of rotatable bonds is 44. The molecule has 0 heterocycles. The lowest BCUT2D eigenvalue weighted by Gasteiger charge is -2.16. The predicted octanol–water partition coefficient (Wildman–Crippen LogP) is 7.78. The maximum atomic E-state index is 11.9. The Morgan fingerprint density at radius 1 is 0.353 bits per heavy atom. The standard InChI is InChI=1S/C39H80O11Si/c1-5-6-7-8-9-10-11-12-13-14-15-16-17-18-19-20-39(40)49-37-35-47-33-31-45-29-27-43-25-23-41-21-22-42-24-26-44-28-30-46-32-34-48-36-38-50-51(2,3)4/h5-38H2,1-4H3. The Bertz CT molecular complexity index is 682. The van der Waals surface area contributed by atoms with Gasteiger partial charge >= 0.3 is 5.97 Å². The average Bonchev–Trinajstić information content (AvgIpc) is 3.10. The van der Waals surface area contributed by atoms with E-state index in [9.17, 15) is 4.79 Å². The molecule has 11 nitrogen and oxygen atoms in total. The molecule has 0 saturated heterocycles. The van der Waals surface area contributed by atoms with E-state index in [0.717, 1.165) is 12.8 Å². The molecule has 0 aromatic rings. The van der Waals surface area contributed by atoms with Gasteiger partial charge in [-0.3, -0.25) is 4.79 Å². The summed E-state index contributed by atoms with van der Waals surface area (Å²) in [6.45, 7) is 17.9. The molecule has 0 aliphatic rings. The molecule has 0 atom stereocenters. The van der Waals surface area contributed by atoms with Crippen molar-refractivity contribution in [2.24, 2.45) is 0 Å². The van der Waals surface area contributed by atoms with Gasteiger partial charge in [0.2, 0.25) is 0 Å². The van der Waals surface area contributed by atoms with Crippen LogP contribution in [0.5, 0.6) is 0 Å². The van der Waals surface area contributed by atoms with E-state index in [4.69, 9.17) is 47.1 Å². The van der Waals surface area contributed by atoms with Gasteiger partial charge in [-0.2, -0.15) is 0 Å². The summed E-state index contributed by atoms with van der Waals surface area (Å²) in [7, 11) is -1.45. The Morgan fingerprint density at radius 3 is 0.902 bits per heavy atom. The largest absolute Gasteiger partial charge is 0.463 e. The fourth-order valence-corrected chi connectivity index (χ4v) is 5.67. The highest BCUT2D eigenvalue weighted by atomic mass is 28.4. The Balaban J connectivity index is 3.14. The van der Waals surface area contributed by atoms with Crippen molar-refractivity contribution in [3.63, 3.8) is 0 Å². The molecule has 0 aliphatic carbocycles. The summed E-state index contributed by atoms with van der Waals surface area (Å²) in [6.07, 6.45) is 20.3. The van der Waals surface area contributed by atoms with Crippen molar-refractivity contribution in [2.75, 3.05) is 119 Å². The zero-order valence-electron chi connectivity index (χ0n) is 33.5. The molecule has 12 heteroatoms. The molecule has 0 aromatic heterocycles. The Morgan fingerprint density at radius 2 is 0.608 bits per heavy atom. The van der Waals surface area contributed by atoms with Crippen molar-refractivity contribution in [3.8, 4) is 0 Å². The second-order valence-electron chi connectivity index (χ2n) is 13.8. The minimum absolute atomic E-state index is 0.127. The highest BCUT2D eigenvalue weighted by Gasteiger charge is 2.13. The summed E-state index contributed by atoms with van der Waals surface area (Å²) in [6, 6.07) is 0. The topological polar surface area (TPSA) is 109 Å². The van der Waals surface area contributed by atoms with E-state index >= 15 is 0 Å². The van der Waals surface area contributed by atoms with Crippen LogP contribution in [-0.2, 0) is 51.9 Å². The summed E-state index contributed by atoms with van der Waals surface area (Å²) in [5.74, 6) is -0.127. The van der Waals surface area contributed by atoms with E-state index in [1.54, 1.807) is 0 Å². The van der Waals surface area contributed by atoms with Gasteiger partial charge in [0.15, 0.2) is 8.32 Å². The summed E-state index contributed by atoms with van der Waals surface area (Å²) in [4.78, 5) is 11.9. The van der Waals surface area contributed by atoms with Gasteiger partial charge in [0.25, 0.3) is 0 Å². The lowest BCUT2D eigenvalue weighted by Crippen LogP contribution is -2.27. The zero-order valence-corrected chi connectivity index (χ0v) is 34.5. The summed E-state index contributed by atoms with van der Waals surface area (Å²) in [5, 5.41) is 0. The summed E-state index contributed by atoms with van der Waals surface area (Å²) in [5.41, 5.74) is 0. The van der Waals surface area contributed by atoms with E-state index < -0.39 is 8.32 Å². The van der Waals surface area contributed by atoms with Crippen LogP contribution in [0.4, 0.5) is 0 Å². The molecule has 0 fully saturated rings. The second kappa shape index (κ2) is 42.1. The van der Waals surface area contributed by atoms with Gasteiger partial charge in [0, 0.05) is 6.42 Å². The van der Waals surface area contributed by atoms with Crippen LogP contribution >= 0.6 is 0 Å². The molecular formula is C39H80O11Si. The molecular weight excluding hydrogens is 673 g/mol. The lowest BCUT2D eigenvalue weighted by atomic mass is 10.0. The summed E-state index contributed by atoms with van der Waals surface area (Å²) >= 11 is 0. The Labute approximate surface area is 313 Å². The van der Waals surface area contributed by atoms with Crippen molar-refractivity contribution in [1.82, 2.24) is 0 Å². The highest BCUT2D eigenvalue weighted by molar-refractivity contribution is 6.69. The molecule has 0 aromatic carbocycles. The van der Waals surface area contributed by atoms with Crippen molar-refractivity contribution in [3.05, 3.63) is 0 Å². The smallest absolute Gasteiger partial charge is 0.305 e. The minimum atomic E-state index is -1.45. The first kappa shape index (κ1) is 50.3. The first-order chi connectivity index (χ1) is 25.0. The number of hydrogen-bond donors (Lipinski definition) is 0. The van der Waals surface area contributed by atoms with Crippen molar-refractivity contribution < 1.29 is 51.9 Å². The molecule has 0 aliphatic heterocycles. The van der Waals surface area contributed by atoms with E-state index in [1.165, 1.54) is 83.5 Å². The number of esters is 1. The summed E-state index contributed by atoms with van der Waals surface area (Å²) < 4.78 is 54.9. The quantitative estimate of drug-likeness (QED) is 0.0346. The van der Waals surface area contributed by atoms with Crippen LogP contribution < -0.4 is 0 Å². The molecule has 0 rings (SSSR count). The Hall–Kier alpha value is -0.673. The van der Waals surface area contributed by atoms with Gasteiger partial charge in [-0.25, -0.2) is 0 Å². The van der Waals surface area contributed by atoms with E-state index in [2.05, 4.69) is 26.6 Å². The molecule has 51 heavy (non-hydrogen) atoms. The number of unbranched alkanes of at least 4 members (excludes halogenated alkanes) is 14. The molecule has 0 bridgehead atoms. The highest BCUT2D eigenvalue weighted by Crippen LogP contribution is 2.14. The zero-order chi connectivity index (χ0) is 37.2. The molecule has 306 valence electrons. The number of carbonyl (C=O) groups excluding carboxylic acids is 1. The van der Waals surface area contributed by atoms with Crippen LogP contribution in [0.1, 0.15) is 110 Å². The van der Waals surface area contributed by atoms with E-state index in [0.29, 0.717) is 125 Å². The fourth-order valence-electron chi connectivity index (χ4n) is 4.98. The maximum Gasteiger partial charge on any atom is 0.305 e. The first-order valence-corrected chi connectivity index (χ1v) is 23.8. The van der Waals surface area contributed by atoms with Gasteiger partial charge in [-0.15, -0.1) is 0 Å². The van der Waals surface area contributed by atoms with Crippen molar-refractivity contribution in [1.29, 1.82) is 0 Å². The van der Waals surface area contributed by atoms with Crippen LogP contribution in [0.2, 0.25) is 19.6 Å². The molecule has 0 unspecified atom stereocenters. The van der Waals surface area contributed by atoms with Crippen LogP contribution in [0.15, 0.2) is 0 Å². The van der Waals surface area contributed by atoms with Crippen LogP contribution in [0, 0.1) is 0 Å². The van der Waals surface area contributed by atoms with E-state index in [-0.39, 0.29) is 5.97 Å². The normalized spacial score (nSPS) is 11.8. The van der Waals surface area contributed by atoms with Crippen molar-refractivity contribution in [2.45, 2.75) is 129 Å². The molecule has 0 saturated carbocycles. The van der Waals surface area contributed by atoms with E-state index in [1.807, 2.05) is 0 Å². The SMILES string of the molecule is CCCCCCCCCCCCCCCCCC(=O)OCCOCCOCCOCCOCCOCCOCCOCCOCCO[Si](C)(C)C. The van der Waals surface area contributed by atoms with Crippen LogP contribution in [0.25, 0.3) is 0 Å². The molecule has 0 amide bonds. The number of hydrogen-bond acceptors (Lipinski definition) is 11. The molecule has 0 radical (unpaired) electrons. The lowest BCUT2D eigenvalue weighted by molar-refractivity contribution is -0.145. The predicted molar refractivity (Wildman–Crippen MR) is 206 cm³/mol. The van der Waals surface area contributed by atoms with Gasteiger partial charge in [0.1, 0.15) is 6.61 Å². The van der Waals surface area contributed by atoms with Gasteiger partial charge in [0.05, 0.1) is 112 Å². The third-order valence-corrected chi connectivity index (χ3v) is 8.91. The molecule has 0 spiro atoms. The minimum Gasteiger partial charge on any atom is -0.463 e. The third kappa shape index (κ3) is 47.3. The molecule has 0 N–H and O–H groups in total. The fraction of sp³-hybridized carbons (Fsp3) is 0.974. The monoisotopic (exact) mass is 753 g/mol. The van der Waals surface area contributed by atoms with Gasteiger partial charge < -0.3 is 47.1 Å². The van der Waals surface area contributed by atoms with Crippen LogP contribution in [0.3, 0.4) is 0 Å². The van der Waals surface area contributed by atoms with Gasteiger partial charge in [-0.1, -0.05) is 96.8 Å². The second-order valence-corrected chi connectivity index (χ2v) is 18.3. The number of carbonyl (C=O) groups is 1. The average molecular weight is 753 g/mol. The number of ether oxygens (including phenoxy) is 9. The third-order valence-electron chi connectivity index (χ3n) is 7.84.